The third kappa shape index (κ3) is 1.04. The summed E-state index contributed by atoms with van der Waals surface area (Å²) in [7, 11) is 0. The average molecular weight is 275 g/mol. The molecule has 5 fully saturated rings. The number of azide groups is 1. The maximum atomic E-state index is 11.3. The first kappa shape index (κ1) is 13.0. The van der Waals surface area contributed by atoms with Crippen molar-refractivity contribution in [2.24, 2.45) is 33.7 Å². The fraction of sp³-hybridized carbons (Fsp3) is 1.00. The maximum absolute atomic E-state index is 11.3. The predicted molar refractivity (Wildman–Crippen MR) is 76.9 cm³/mol. The first-order chi connectivity index (χ1) is 9.35. The van der Waals surface area contributed by atoms with Crippen LogP contribution in [0, 0.1) is 28.6 Å². The van der Waals surface area contributed by atoms with Gasteiger partial charge in [-0.25, -0.2) is 0 Å². The van der Waals surface area contributed by atoms with Gasteiger partial charge >= 0.3 is 0 Å². The molecule has 0 heterocycles. The van der Waals surface area contributed by atoms with Crippen LogP contribution in [0.3, 0.4) is 0 Å². The van der Waals surface area contributed by atoms with E-state index in [1.165, 1.54) is 6.42 Å². The highest BCUT2D eigenvalue weighted by Crippen LogP contribution is 2.91. The van der Waals surface area contributed by atoms with Crippen LogP contribution in [0.4, 0.5) is 0 Å². The van der Waals surface area contributed by atoms with Crippen LogP contribution in [-0.4, -0.2) is 16.2 Å². The van der Waals surface area contributed by atoms with Crippen LogP contribution in [0.15, 0.2) is 5.11 Å². The Labute approximate surface area is 120 Å². The summed E-state index contributed by atoms with van der Waals surface area (Å²) in [5.74, 6) is 1.43. The van der Waals surface area contributed by atoms with Gasteiger partial charge in [0.25, 0.3) is 0 Å². The molecule has 5 atom stereocenters. The lowest BCUT2D eigenvalue weighted by molar-refractivity contribution is -0.0771. The van der Waals surface area contributed by atoms with Crippen molar-refractivity contribution in [3.8, 4) is 0 Å². The lowest BCUT2D eigenvalue weighted by Crippen LogP contribution is -2.52. The Bertz CT molecular complexity index is 518. The Morgan fingerprint density at radius 2 is 1.80 bits per heavy atom. The van der Waals surface area contributed by atoms with Crippen molar-refractivity contribution in [3.05, 3.63) is 10.4 Å². The smallest absolute Gasteiger partial charge is 0.0685 e. The maximum Gasteiger partial charge on any atom is 0.0685 e. The van der Waals surface area contributed by atoms with E-state index in [1.807, 2.05) is 0 Å². The van der Waals surface area contributed by atoms with Crippen molar-refractivity contribution in [2.45, 2.75) is 70.4 Å². The summed E-state index contributed by atoms with van der Waals surface area (Å²) in [6.45, 7) is 6.91. The van der Waals surface area contributed by atoms with Gasteiger partial charge in [-0.15, -0.1) is 0 Å². The second-order valence-electron chi connectivity index (χ2n) is 8.50. The topological polar surface area (TPSA) is 69.0 Å². The molecule has 4 bridgehead atoms. The molecule has 0 spiro atoms. The van der Waals surface area contributed by atoms with E-state index in [-0.39, 0.29) is 22.3 Å². The number of nitrogens with zero attached hydrogens (tertiary/aromatic N) is 3. The molecular weight excluding hydrogens is 250 g/mol. The molecule has 110 valence electrons. The SMILES string of the molecule is CC12C3CC(N=[N+]=[N-])(C(C4(O)CCCCC4)C31)C2(C)C. The molecule has 0 aromatic carbocycles. The molecule has 5 aliphatic carbocycles. The lowest BCUT2D eigenvalue weighted by Gasteiger charge is -2.47. The van der Waals surface area contributed by atoms with Crippen LogP contribution in [0.2, 0.25) is 0 Å². The predicted octanol–water partition coefficient (Wildman–Crippen LogP) is 4.04. The lowest BCUT2D eigenvalue weighted by atomic mass is 9.63. The second kappa shape index (κ2) is 3.36. The molecule has 4 heteroatoms. The number of hydrogen-bond donors (Lipinski definition) is 1. The van der Waals surface area contributed by atoms with Gasteiger partial charge in [-0.1, -0.05) is 45.1 Å². The van der Waals surface area contributed by atoms with Crippen molar-refractivity contribution in [3.63, 3.8) is 0 Å². The largest absolute Gasteiger partial charge is 0.390 e. The van der Waals surface area contributed by atoms with Crippen molar-refractivity contribution in [1.82, 2.24) is 0 Å². The number of aliphatic hydroxyl groups is 1. The van der Waals surface area contributed by atoms with E-state index in [0.717, 1.165) is 32.1 Å². The summed E-state index contributed by atoms with van der Waals surface area (Å²) < 4.78 is 0. The minimum absolute atomic E-state index is 0.0133. The van der Waals surface area contributed by atoms with Gasteiger partial charge in [0.05, 0.1) is 11.1 Å². The molecule has 0 aromatic heterocycles. The van der Waals surface area contributed by atoms with E-state index < -0.39 is 5.60 Å². The normalized spacial score (nSPS) is 53.5. The third-order valence-electron chi connectivity index (χ3n) is 8.14. The number of hydrogen-bond acceptors (Lipinski definition) is 2. The first-order valence-electron chi connectivity index (χ1n) is 8.14. The Hall–Kier alpha value is -0.730. The van der Waals surface area contributed by atoms with Gasteiger partial charge in [0.1, 0.15) is 0 Å². The van der Waals surface area contributed by atoms with Gasteiger partial charge in [0, 0.05) is 10.8 Å². The first-order valence-corrected chi connectivity index (χ1v) is 8.14. The summed E-state index contributed by atoms with van der Waals surface area (Å²) >= 11 is 0. The van der Waals surface area contributed by atoms with E-state index >= 15 is 0 Å². The molecule has 0 aliphatic heterocycles. The standard InChI is InChI=1S/C16H25N3O/c1-13(2)14(3)10-9-16(13,18-19-17)12(11(10)14)15(20)7-5-4-6-8-15/h10-12,20H,4-9H2,1-3H3. The molecular formula is C16H25N3O. The van der Waals surface area contributed by atoms with Crippen molar-refractivity contribution >= 4 is 0 Å². The van der Waals surface area contributed by atoms with Crippen LogP contribution in [-0.2, 0) is 0 Å². The highest BCUT2D eigenvalue weighted by Gasteiger charge is 2.91. The summed E-state index contributed by atoms with van der Waals surface area (Å²) in [5, 5.41) is 15.7. The minimum atomic E-state index is -0.586. The van der Waals surface area contributed by atoms with Crippen LogP contribution in [0.25, 0.3) is 10.4 Å². The molecule has 4 nitrogen and oxygen atoms in total. The molecule has 5 saturated carbocycles. The van der Waals surface area contributed by atoms with Crippen molar-refractivity contribution in [1.29, 1.82) is 0 Å². The van der Waals surface area contributed by atoms with Gasteiger partial charge in [-0.3, -0.25) is 0 Å². The molecule has 5 unspecified atom stereocenters. The van der Waals surface area contributed by atoms with Crippen LogP contribution >= 0.6 is 0 Å². The van der Waals surface area contributed by atoms with E-state index in [0.29, 0.717) is 11.8 Å². The molecule has 1 N–H and O–H groups in total. The number of rotatable bonds is 2. The van der Waals surface area contributed by atoms with E-state index in [4.69, 9.17) is 5.53 Å². The molecule has 0 aromatic rings. The third-order valence-corrected chi connectivity index (χ3v) is 8.14. The zero-order valence-electron chi connectivity index (χ0n) is 12.8. The van der Waals surface area contributed by atoms with Gasteiger partial charge < -0.3 is 5.11 Å². The van der Waals surface area contributed by atoms with Gasteiger partial charge in [0.2, 0.25) is 0 Å². The Balaban J connectivity index is 1.84. The van der Waals surface area contributed by atoms with Crippen LogP contribution in [0.5, 0.6) is 0 Å². The molecule has 5 aliphatic rings. The molecule has 20 heavy (non-hydrogen) atoms. The fourth-order valence-corrected chi connectivity index (χ4v) is 6.87. The highest BCUT2D eigenvalue weighted by atomic mass is 16.3. The quantitative estimate of drug-likeness (QED) is 0.461. The summed E-state index contributed by atoms with van der Waals surface area (Å²) in [4.78, 5) is 3.22. The van der Waals surface area contributed by atoms with Crippen LogP contribution < -0.4 is 0 Å². The fourth-order valence-electron chi connectivity index (χ4n) is 6.87. The van der Waals surface area contributed by atoms with E-state index in [9.17, 15) is 5.11 Å². The van der Waals surface area contributed by atoms with Gasteiger partial charge in [-0.2, -0.15) is 0 Å². The Kier molecular flexibility index (Phi) is 2.18. The summed E-state index contributed by atoms with van der Waals surface area (Å²) in [6.07, 6.45) is 6.27. The molecule has 0 saturated heterocycles. The molecule has 0 amide bonds. The van der Waals surface area contributed by atoms with Gasteiger partial charge in [0.15, 0.2) is 0 Å². The zero-order valence-corrected chi connectivity index (χ0v) is 12.8. The van der Waals surface area contributed by atoms with Crippen molar-refractivity contribution in [2.75, 3.05) is 0 Å². The minimum Gasteiger partial charge on any atom is -0.390 e. The molecule has 0 radical (unpaired) electrons. The summed E-state index contributed by atoms with van der Waals surface area (Å²) in [5.41, 5.74) is 8.50. The van der Waals surface area contributed by atoms with Crippen molar-refractivity contribution < 1.29 is 5.11 Å². The van der Waals surface area contributed by atoms with E-state index in [2.05, 4.69) is 30.8 Å². The van der Waals surface area contributed by atoms with E-state index in [1.54, 1.807) is 0 Å². The second-order valence-corrected chi connectivity index (χ2v) is 8.50. The zero-order chi connectivity index (χ0) is 14.4. The summed E-state index contributed by atoms with van der Waals surface area (Å²) in [6, 6.07) is 0. The monoisotopic (exact) mass is 275 g/mol. The highest BCUT2D eigenvalue weighted by molar-refractivity contribution is 5.41. The Morgan fingerprint density at radius 3 is 2.30 bits per heavy atom. The Morgan fingerprint density at radius 1 is 1.15 bits per heavy atom. The average Bonchev–Trinajstić information content (AvgIpc) is 2.69. The van der Waals surface area contributed by atoms with Gasteiger partial charge in [-0.05, 0) is 47.5 Å². The van der Waals surface area contributed by atoms with Crippen LogP contribution in [0.1, 0.15) is 59.3 Å². The molecule has 5 rings (SSSR count).